The number of carbonyl (C=O) groups excluding carboxylic acids is 2. The third-order valence-electron chi connectivity index (χ3n) is 5.39. The predicted octanol–water partition coefficient (Wildman–Crippen LogP) is 1.80. The lowest BCUT2D eigenvalue weighted by Gasteiger charge is -2.44. The van der Waals surface area contributed by atoms with Crippen LogP contribution in [0.15, 0.2) is 0 Å². The molecule has 0 radical (unpaired) electrons. The van der Waals surface area contributed by atoms with E-state index in [4.69, 9.17) is 4.74 Å². The molecule has 1 aliphatic carbocycles. The van der Waals surface area contributed by atoms with Crippen LogP contribution in [0.2, 0.25) is 0 Å². The van der Waals surface area contributed by atoms with E-state index in [2.05, 4.69) is 0 Å². The zero-order valence-corrected chi connectivity index (χ0v) is 13.8. The maximum Gasteiger partial charge on any atom is 0.312 e. The standard InChI is InChI=1S/C17H28N2O3/c1-12-10-18(11-13(2)22-12)16(20)17(21)19-9-5-7-14-6-3-4-8-15(14)19/h12-15H,3-11H2,1-2H3/t12-,13?,14?,15?/m0/s1. The Labute approximate surface area is 133 Å². The quantitative estimate of drug-likeness (QED) is 0.641. The van der Waals surface area contributed by atoms with E-state index in [1.54, 1.807) is 4.90 Å². The Hall–Kier alpha value is -1.10. The van der Waals surface area contributed by atoms with Gasteiger partial charge in [0.2, 0.25) is 0 Å². The molecule has 5 nitrogen and oxygen atoms in total. The normalized spacial score (nSPS) is 35.9. The van der Waals surface area contributed by atoms with Crippen LogP contribution in [0.25, 0.3) is 0 Å². The van der Waals surface area contributed by atoms with Crippen LogP contribution in [-0.4, -0.2) is 59.5 Å². The largest absolute Gasteiger partial charge is 0.372 e. The first kappa shape index (κ1) is 15.8. The molecule has 22 heavy (non-hydrogen) atoms. The molecule has 2 amide bonds. The molecule has 0 N–H and O–H groups in total. The van der Waals surface area contributed by atoms with E-state index in [0.717, 1.165) is 19.4 Å². The van der Waals surface area contributed by atoms with E-state index in [1.807, 2.05) is 18.7 Å². The average Bonchev–Trinajstić information content (AvgIpc) is 2.52. The van der Waals surface area contributed by atoms with Gasteiger partial charge < -0.3 is 14.5 Å². The molecule has 0 aromatic rings. The Balaban J connectivity index is 1.68. The Bertz CT molecular complexity index is 428. The summed E-state index contributed by atoms with van der Waals surface area (Å²) in [7, 11) is 0. The van der Waals surface area contributed by atoms with Gasteiger partial charge >= 0.3 is 11.8 Å². The molecule has 3 fully saturated rings. The molecule has 2 saturated heterocycles. The van der Waals surface area contributed by atoms with E-state index >= 15 is 0 Å². The highest BCUT2D eigenvalue weighted by molar-refractivity contribution is 6.35. The van der Waals surface area contributed by atoms with E-state index in [1.165, 1.54) is 25.7 Å². The molecule has 0 bridgehead atoms. The molecule has 5 heteroatoms. The number of morpholine rings is 1. The summed E-state index contributed by atoms with van der Waals surface area (Å²) in [6.45, 7) is 5.71. The Morgan fingerprint density at radius 1 is 0.909 bits per heavy atom. The topological polar surface area (TPSA) is 49.9 Å². The highest BCUT2D eigenvalue weighted by Crippen LogP contribution is 2.35. The number of ether oxygens (including phenoxy) is 1. The summed E-state index contributed by atoms with van der Waals surface area (Å²) in [6.07, 6.45) is 7.01. The number of fused-ring (bicyclic) bond motifs is 1. The highest BCUT2D eigenvalue weighted by atomic mass is 16.5. The van der Waals surface area contributed by atoms with Gasteiger partial charge in [-0.2, -0.15) is 0 Å². The molecule has 124 valence electrons. The molecule has 4 atom stereocenters. The minimum atomic E-state index is -0.326. The summed E-state index contributed by atoms with van der Waals surface area (Å²) >= 11 is 0. The van der Waals surface area contributed by atoms with Gasteiger partial charge in [-0.1, -0.05) is 12.8 Å². The summed E-state index contributed by atoms with van der Waals surface area (Å²) < 4.78 is 5.66. The number of likely N-dealkylation sites (tertiary alicyclic amines) is 1. The molecule has 2 heterocycles. The second-order valence-corrected chi connectivity index (χ2v) is 7.22. The van der Waals surface area contributed by atoms with Crippen LogP contribution in [-0.2, 0) is 14.3 Å². The first-order valence-corrected chi connectivity index (χ1v) is 8.81. The number of carbonyl (C=O) groups is 2. The minimum absolute atomic E-state index is 0.00397. The van der Waals surface area contributed by atoms with Crippen molar-refractivity contribution in [3.63, 3.8) is 0 Å². The third kappa shape index (κ3) is 3.14. The monoisotopic (exact) mass is 308 g/mol. The van der Waals surface area contributed by atoms with Gasteiger partial charge in [0.25, 0.3) is 0 Å². The van der Waals surface area contributed by atoms with Crippen LogP contribution in [0.4, 0.5) is 0 Å². The minimum Gasteiger partial charge on any atom is -0.372 e. The maximum atomic E-state index is 12.8. The fourth-order valence-electron chi connectivity index (χ4n) is 4.48. The molecule has 0 aromatic carbocycles. The maximum absolute atomic E-state index is 12.8. The Morgan fingerprint density at radius 2 is 1.55 bits per heavy atom. The van der Waals surface area contributed by atoms with Crippen molar-refractivity contribution in [3.8, 4) is 0 Å². The third-order valence-corrected chi connectivity index (χ3v) is 5.39. The predicted molar refractivity (Wildman–Crippen MR) is 83.3 cm³/mol. The molecule has 2 aliphatic heterocycles. The number of rotatable bonds is 0. The summed E-state index contributed by atoms with van der Waals surface area (Å²) in [5, 5.41) is 0. The van der Waals surface area contributed by atoms with Gasteiger partial charge in [-0.05, 0) is 45.4 Å². The van der Waals surface area contributed by atoms with Crippen molar-refractivity contribution < 1.29 is 14.3 Å². The fourth-order valence-corrected chi connectivity index (χ4v) is 4.48. The average molecular weight is 308 g/mol. The van der Waals surface area contributed by atoms with Gasteiger partial charge in [0.15, 0.2) is 0 Å². The second kappa shape index (κ2) is 6.57. The van der Waals surface area contributed by atoms with Gasteiger partial charge in [-0.15, -0.1) is 0 Å². The van der Waals surface area contributed by atoms with Gasteiger partial charge in [-0.25, -0.2) is 0 Å². The van der Waals surface area contributed by atoms with Crippen molar-refractivity contribution in [2.24, 2.45) is 5.92 Å². The van der Waals surface area contributed by atoms with Crippen LogP contribution in [0.5, 0.6) is 0 Å². The second-order valence-electron chi connectivity index (χ2n) is 7.22. The summed E-state index contributed by atoms with van der Waals surface area (Å²) in [5.41, 5.74) is 0. The highest BCUT2D eigenvalue weighted by Gasteiger charge is 2.40. The van der Waals surface area contributed by atoms with E-state index in [-0.39, 0.29) is 24.0 Å². The van der Waals surface area contributed by atoms with Crippen molar-refractivity contribution in [1.29, 1.82) is 0 Å². The number of hydrogen-bond acceptors (Lipinski definition) is 3. The number of piperidine rings is 1. The molecule has 1 saturated carbocycles. The van der Waals surface area contributed by atoms with Crippen LogP contribution in [0.1, 0.15) is 52.4 Å². The summed E-state index contributed by atoms with van der Waals surface area (Å²) in [5.74, 6) is 0.00732. The van der Waals surface area contributed by atoms with Crippen molar-refractivity contribution in [2.75, 3.05) is 19.6 Å². The summed E-state index contributed by atoms with van der Waals surface area (Å²) in [4.78, 5) is 29.0. The van der Waals surface area contributed by atoms with Gasteiger partial charge in [0, 0.05) is 25.7 Å². The number of hydrogen-bond donors (Lipinski definition) is 0. The van der Waals surface area contributed by atoms with E-state index in [9.17, 15) is 9.59 Å². The smallest absolute Gasteiger partial charge is 0.312 e. The van der Waals surface area contributed by atoms with Gasteiger partial charge in [-0.3, -0.25) is 9.59 Å². The lowest BCUT2D eigenvalue weighted by Crippen LogP contribution is -2.57. The van der Waals surface area contributed by atoms with Gasteiger partial charge in [0.05, 0.1) is 12.2 Å². The number of amides is 2. The first-order chi connectivity index (χ1) is 10.6. The molecular formula is C17H28N2O3. The van der Waals surface area contributed by atoms with Crippen molar-refractivity contribution in [3.05, 3.63) is 0 Å². The fraction of sp³-hybridized carbons (Fsp3) is 0.882. The van der Waals surface area contributed by atoms with Crippen molar-refractivity contribution in [1.82, 2.24) is 9.80 Å². The van der Waals surface area contributed by atoms with Crippen LogP contribution >= 0.6 is 0 Å². The molecule has 3 rings (SSSR count). The van der Waals surface area contributed by atoms with Crippen LogP contribution < -0.4 is 0 Å². The number of nitrogens with zero attached hydrogens (tertiary/aromatic N) is 2. The van der Waals surface area contributed by atoms with Crippen LogP contribution in [0, 0.1) is 5.92 Å². The SMILES string of the molecule is CC1CN(C(=O)C(=O)N2CCCC3CCCCC32)C[C@H](C)O1. The zero-order chi connectivity index (χ0) is 15.7. The summed E-state index contributed by atoms with van der Waals surface area (Å²) in [6, 6.07) is 0.301. The lowest BCUT2D eigenvalue weighted by atomic mass is 9.78. The van der Waals surface area contributed by atoms with Gasteiger partial charge in [0.1, 0.15) is 0 Å². The van der Waals surface area contributed by atoms with E-state index in [0.29, 0.717) is 25.0 Å². The van der Waals surface area contributed by atoms with E-state index < -0.39 is 0 Å². The molecule has 0 aromatic heterocycles. The molecule has 3 aliphatic rings. The van der Waals surface area contributed by atoms with Crippen molar-refractivity contribution in [2.45, 2.75) is 70.6 Å². The van der Waals surface area contributed by atoms with Crippen molar-refractivity contribution >= 4 is 11.8 Å². The first-order valence-electron chi connectivity index (χ1n) is 8.81. The molecule has 3 unspecified atom stereocenters. The van der Waals surface area contributed by atoms with Crippen LogP contribution in [0.3, 0.4) is 0 Å². The zero-order valence-electron chi connectivity index (χ0n) is 13.8. The molecular weight excluding hydrogens is 280 g/mol. The Morgan fingerprint density at radius 3 is 2.27 bits per heavy atom. The molecule has 0 spiro atoms. The lowest BCUT2D eigenvalue weighted by molar-refractivity contribution is -0.161. The Kier molecular flexibility index (Phi) is 4.71.